The van der Waals surface area contributed by atoms with Crippen LogP contribution >= 0.6 is 11.3 Å². The van der Waals surface area contributed by atoms with Crippen LogP contribution in [0.25, 0.3) is 0 Å². The van der Waals surface area contributed by atoms with Crippen LogP contribution < -0.4 is 21.3 Å². The Morgan fingerprint density at radius 3 is 2.63 bits per heavy atom. The minimum absolute atomic E-state index is 0.105. The average molecular weight is 386 g/mol. The zero-order valence-electron chi connectivity index (χ0n) is 14.8. The summed E-state index contributed by atoms with van der Waals surface area (Å²) < 4.78 is 0. The standard InChI is InChI=1S/C19H22N4O3S/c24-17(23-19(26)20-10-9-14-4-3-11-27-14)12-21-16-6-2-1-5-15(16)18(25)22-13-7-8-13/h1-6,11,13,21H,7-10,12H2,(H,22,25)(H2,20,23,24,26). The van der Waals surface area contributed by atoms with E-state index in [1.807, 2.05) is 17.5 Å². The molecule has 1 aliphatic rings. The fraction of sp³-hybridized carbons (Fsp3) is 0.316. The highest BCUT2D eigenvalue weighted by Crippen LogP contribution is 2.21. The summed E-state index contributed by atoms with van der Waals surface area (Å²) in [5.74, 6) is -0.631. The van der Waals surface area contributed by atoms with Gasteiger partial charge in [0.2, 0.25) is 5.91 Å². The number of imide groups is 1. The Kier molecular flexibility index (Phi) is 6.43. The minimum atomic E-state index is -0.530. The number of nitrogens with one attached hydrogen (secondary N) is 4. The number of hydrogen-bond acceptors (Lipinski definition) is 5. The van der Waals surface area contributed by atoms with Gasteiger partial charge in [0.1, 0.15) is 0 Å². The Labute approximate surface area is 161 Å². The zero-order chi connectivity index (χ0) is 19.1. The molecule has 0 saturated heterocycles. The van der Waals surface area contributed by atoms with Crippen LogP contribution in [0.3, 0.4) is 0 Å². The van der Waals surface area contributed by atoms with Gasteiger partial charge in [0.25, 0.3) is 5.91 Å². The molecule has 1 aliphatic carbocycles. The van der Waals surface area contributed by atoms with Gasteiger partial charge >= 0.3 is 6.03 Å². The van der Waals surface area contributed by atoms with Gasteiger partial charge < -0.3 is 16.0 Å². The van der Waals surface area contributed by atoms with E-state index in [2.05, 4.69) is 21.3 Å². The van der Waals surface area contributed by atoms with Crippen molar-refractivity contribution >= 4 is 34.9 Å². The zero-order valence-corrected chi connectivity index (χ0v) is 15.6. The highest BCUT2D eigenvalue weighted by atomic mass is 32.1. The first-order valence-electron chi connectivity index (χ1n) is 8.85. The first kappa shape index (κ1) is 18.9. The number of thiophene rings is 1. The maximum Gasteiger partial charge on any atom is 0.321 e. The van der Waals surface area contributed by atoms with Crippen LogP contribution in [0.15, 0.2) is 41.8 Å². The van der Waals surface area contributed by atoms with Crippen LogP contribution in [-0.4, -0.2) is 37.0 Å². The fourth-order valence-corrected chi connectivity index (χ4v) is 3.18. The van der Waals surface area contributed by atoms with Gasteiger partial charge in [-0.1, -0.05) is 18.2 Å². The number of hydrogen-bond donors (Lipinski definition) is 4. The molecule has 0 spiro atoms. The Morgan fingerprint density at radius 1 is 1.07 bits per heavy atom. The van der Waals surface area contributed by atoms with Crippen molar-refractivity contribution in [1.29, 1.82) is 0 Å². The van der Waals surface area contributed by atoms with Gasteiger partial charge in [-0.3, -0.25) is 14.9 Å². The molecule has 1 aromatic heterocycles. The molecule has 0 bridgehead atoms. The summed E-state index contributed by atoms with van der Waals surface area (Å²) in [5, 5.41) is 12.7. The minimum Gasteiger partial charge on any atom is -0.375 e. The predicted octanol–water partition coefficient (Wildman–Crippen LogP) is 2.12. The molecule has 4 N–H and O–H groups in total. The molecule has 0 atom stereocenters. The van der Waals surface area contributed by atoms with E-state index in [0.717, 1.165) is 19.3 Å². The summed E-state index contributed by atoms with van der Waals surface area (Å²) in [6.45, 7) is 0.350. The Bertz CT molecular complexity index is 803. The normalized spacial score (nSPS) is 12.9. The van der Waals surface area contributed by atoms with Crippen molar-refractivity contribution in [1.82, 2.24) is 16.0 Å². The molecular weight excluding hydrogens is 364 g/mol. The van der Waals surface area contributed by atoms with E-state index in [1.54, 1.807) is 35.6 Å². The fourth-order valence-electron chi connectivity index (χ4n) is 2.47. The van der Waals surface area contributed by atoms with Crippen molar-refractivity contribution in [2.45, 2.75) is 25.3 Å². The van der Waals surface area contributed by atoms with Crippen molar-refractivity contribution in [3.8, 4) is 0 Å². The van der Waals surface area contributed by atoms with Gasteiger partial charge in [-0.05, 0) is 42.8 Å². The van der Waals surface area contributed by atoms with Crippen LogP contribution in [0.4, 0.5) is 10.5 Å². The molecule has 7 nitrogen and oxygen atoms in total. The Balaban J connectivity index is 1.42. The van der Waals surface area contributed by atoms with Crippen molar-refractivity contribution in [3.05, 3.63) is 52.2 Å². The maximum absolute atomic E-state index is 12.2. The monoisotopic (exact) mass is 386 g/mol. The van der Waals surface area contributed by atoms with Crippen molar-refractivity contribution < 1.29 is 14.4 Å². The van der Waals surface area contributed by atoms with Crippen LogP contribution in [0.2, 0.25) is 0 Å². The van der Waals surface area contributed by atoms with Crippen LogP contribution in [0.5, 0.6) is 0 Å². The van der Waals surface area contributed by atoms with Gasteiger partial charge in [-0.2, -0.15) is 0 Å². The smallest absolute Gasteiger partial charge is 0.321 e. The molecule has 2 aromatic rings. The molecule has 27 heavy (non-hydrogen) atoms. The lowest BCUT2D eigenvalue weighted by atomic mass is 10.1. The van der Waals surface area contributed by atoms with Crippen LogP contribution in [-0.2, 0) is 11.2 Å². The lowest BCUT2D eigenvalue weighted by molar-refractivity contribution is -0.118. The molecule has 8 heteroatoms. The summed E-state index contributed by atoms with van der Waals surface area (Å²) in [4.78, 5) is 37.1. The van der Waals surface area contributed by atoms with Crippen molar-refractivity contribution in [2.75, 3.05) is 18.4 Å². The lowest BCUT2D eigenvalue weighted by Crippen LogP contribution is -2.42. The van der Waals surface area contributed by atoms with Crippen LogP contribution in [0, 0.1) is 0 Å². The summed E-state index contributed by atoms with van der Waals surface area (Å²) in [6, 6.07) is 10.7. The number of carbonyl (C=O) groups excluding carboxylic acids is 3. The maximum atomic E-state index is 12.2. The van der Waals surface area contributed by atoms with E-state index in [0.29, 0.717) is 17.8 Å². The number of benzene rings is 1. The Hall–Kier alpha value is -2.87. The van der Waals surface area contributed by atoms with Crippen molar-refractivity contribution in [3.63, 3.8) is 0 Å². The quantitative estimate of drug-likeness (QED) is 0.558. The second-order valence-corrected chi connectivity index (χ2v) is 7.31. The van der Waals surface area contributed by atoms with E-state index in [-0.39, 0.29) is 18.5 Å². The Morgan fingerprint density at radius 2 is 1.89 bits per heavy atom. The van der Waals surface area contributed by atoms with Crippen LogP contribution in [0.1, 0.15) is 28.1 Å². The highest BCUT2D eigenvalue weighted by Gasteiger charge is 2.24. The lowest BCUT2D eigenvalue weighted by Gasteiger charge is -2.12. The van der Waals surface area contributed by atoms with Gasteiger partial charge in [0.15, 0.2) is 0 Å². The van der Waals surface area contributed by atoms with E-state index >= 15 is 0 Å². The number of carbonyl (C=O) groups is 3. The molecule has 3 rings (SSSR count). The first-order valence-corrected chi connectivity index (χ1v) is 9.73. The molecule has 1 aromatic carbocycles. The van der Waals surface area contributed by atoms with Crippen molar-refractivity contribution in [2.24, 2.45) is 0 Å². The molecule has 1 saturated carbocycles. The molecule has 0 aliphatic heterocycles. The third kappa shape index (κ3) is 6.10. The molecular formula is C19H22N4O3S. The first-order chi connectivity index (χ1) is 13.1. The topological polar surface area (TPSA) is 99.3 Å². The summed E-state index contributed by atoms with van der Waals surface area (Å²) in [7, 11) is 0. The van der Waals surface area contributed by atoms with E-state index < -0.39 is 11.9 Å². The number of amides is 4. The predicted molar refractivity (Wildman–Crippen MR) is 105 cm³/mol. The number of anilines is 1. The number of urea groups is 1. The SMILES string of the molecule is O=C(CNc1ccccc1C(=O)NC1CC1)NC(=O)NCCc1cccs1. The molecule has 1 fully saturated rings. The van der Waals surface area contributed by atoms with Gasteiger partial charge in [-0.15, -0.1) is 11.3 Å². The van der Waals surface area contributed by atoms with E-state index in [1.165, 1.54) is 4.88 Å². The third-order valence-corrected chi connectivity index (χ3v) is 4.95. The largest absolute Gasteiger partial charge is 0.375 e. The third-order valence-electron chi connectivity index (χ3n) is 4.01. The van der Waals surface area contributed by atoms with Gasteiger partial charge in [0.05, 0.1) is 12.1 Å². The summed E-state index contributed by atoms with van der Waals surface area (Å²) in [6.07, 6.45) is 2.73. The van der Waals surface area contributed by atoms with Gasteiger partial charge in [0, 0.05) is 23.2 Å². The van der Waals surface area contributed by atoms with E-state index in [4.69, 9.17) is 0 Å². The highest BCUT2D eigenvalue weighted by molar-refractivity contribution is 7.09. The molecule has 142 valence electrons. The molecule has 0 unspecified atom stereocenters. The summed E-state index contributed by atoms with van der Waals surface area (Å²) in [5.41, 5.74) is 1.04. The number of para-hydroxylation sites is 1. The average Bonchev–Trinajstić information content (AvgIpc) is 3.31. The van der Waals surface area contributed by atoms with Gasteiger partial charge in [-0.25, -0.2) is 4.79 Å². The number of rotatable bonds is 8. The molecule has 1 heterocycles. The molecule has 0 radical (unpaired) electrons. The van der Waals surface area contributed by atoms with E-state index in [9.17, 15) is 14.4 Å². The second kappa shape index (κ2) is 9.18. The summed E-state index contributed by atoms with van der Waals surface area (Å²) >= 11 is 1.62. The molecule has 4 amide bonds. The second-order valence-electron chi connectivity index (χ2n) is 6.28.